The summed E-state index contributed by atoms with van der Waals surface area (Å²) in [7, 11) is 4.14. The number of hydrogen-bond donors (Lipinski definition) is 1. The lowest BCUT2D eigenvalue weighted by atomic mass is 9.90. The van der Waals surface area contributed by atoms with Crippen LogP contribution in [0.5, 0.6) is 0 Å². The van der Waals surface area contributed by atoms with Gasteiger partial charge in [0, 0.05) is 54.1 Å². The van der Waals surface area contributed by atoms with E-state index in [2.05, 4.69) is 52.0 Å². The van der Waals surface area contributed by atoms with Crippen molar-refractivity contribution in [1.29, 1.82) is 5.26 Å². The summed E-state index contributed by atoms with van der Waals surface area (Å²) in [5.41, 5.74) is 4.71. The number of nitrogens with zero attached hydrogens (tertiary/aromatic N) is 8. The average Bonchev–Trinajstić information content (AvgIpc) is 3.66. The second kappa shape index (κ2) is 11.7. The van der Waals surface area contributed by atoms with Crippen LogP contribution in [0.3, 0.4) is 0 Å². The summed E-state index contributed by atoms with van der Waals surface area (Å²) in [6.07, 6.45) is 4.21. The van der Waals surface area contributed by atoms with Gasteiger partial charge in [0.25, 0.3) is 0 Å². The number of alkyl halides is 1. The molecule has 5 aromatic rings. The minimum Gasteiger partial charge on any atom is -0.352 e. The molecule has 1 unspecified atom stereocenters. The highest BCUT2D eigenvalue weighted by Crippen LogP contribution is 2.45. The number of benzene rings is 2. The van der Waals surface area contributed by atoms with Crippen LogP contribution in [0.2, 0.25) is 5.02 Å². The minimum absolute atomic E-state index is 0.0425. The van der Waals surface area contributed by atoms with E-state index in [0.717, 1.165) is 52.4 Å². The number of nitrogens with one attached hydrogen (secondary N) is 1. The molecule has 3 aromatic heterocycles. The number of anilines is 1. The van der Waals surface area contributed by atoms with Gasteiger partial charge in [-0.3, -0.25) is 14.7 Å². The third-order valence-corrected chi connectivity index (χ3v) is 10.9. The number of aromatic amines is 1. The molecule has 0 bridgehead atoms. The fourth-order valence-electron chi connectivity index (χ4n) is 7.65. The average molecular weight is 660 g/mol. The van der Waals surface area contributed by atoms with Gasteiger partial charge in [0.1, 0.15) is 17.5 Å². The Kier molecular flexibility index (Phi) is 7.89. The molecule has 0 aliphatic carbocycles. The number of hydrogen-bond acceptors (Lipinski definition) is 7. The van der Waals surface area contributed by atoms with E-state index in [-0.39, 0.29) is 28.2 Å². The van der Waals surface area contributed by atoms with Gasteiger partial charge < -0.3 is 9.80 Å². The van der Waals surface area contributed by atoms with E-state index < -0.39 is 12.0 Å². The predicted octanol–water partition coefficient (Wildman–Crippen LogP) is 6.95. The summed E-state index contributed by atoms with van der Waals surface area (Å²) in [5.74, 6) is 0.210. The molecule has 0 spiro atoms. The van der Waals surface area contributed by atoms with Crippen LogP contribution in [0.25, 0.3) is 43.8 Å². The first-order valence-corrected chi connectivity index (χ1v) is 16.6. The summed E-state index contributed by atoms with van der Waals surface area (Å²) < 4.78 is 33.3. The van der Waals surface area contributed by atoms with E-state index in [9.17, 15) is 9.65 Å². The van der Waals surface area contributed by atoms with Crippen LogP contribution in [0.15, 0.2) is 24.5 Å². The highest BCUT2D eigenvalue weighted by atomic mass is 35.5. The summed E-state index contributed by atoms with van der Waals surface area (Å²) in [4.78, 5) is 11.5. The van der Waals surface area contributed by atoms with Crippen molar-refractivity contribution >= 4 is 50.1 Å². The first kappa shape index (κ1) is 31.7. The van der Waals surface area contributed by atoms with Crippen molar-refractivity contribution in [3.8, 4) is 17.2 Å². The lowest BCUT2D eigenvalue weighted by molar-refractivity contribution is 0.0892. The Morgan fingerprint density at radius 3 is 2.64 bits per heavy atom. The third kappa shape index (κ3) is 5.12. The maximum absolute atomic E-state index is 17.2. The van der Waals surface area contributed by atoms with E-state index in [1.807, 2.05) is 36.9 Å². The zero-order valence-electron chi connectivity index (χ0n) is 27.7. The van der Waals surface area contributed by atoms with Gasteiger partial charge in [-0.25, -0.2) is 13.8 Å². The molecule has 47 heavy (non-hydrogen) atoms. The fourth-order valence-corrected chi connectivity index (χ4v) is 7.93. The Labute approximate surface area is 278 Å². The third-order valence-electron chi connectivity index (χ3n) is 10.6. The maximum atomic E-state index is 17.2. The second-order valence-electron chi connectivity index (χ2n) is 14.0. The molecule has 5 heterocycles. The van der Waals surface area contributed by atoms with Crippen LogP contribution in [0.4, 0.5) is 14.6 Å². The molecule has 0 radical (unpaired) electrons. The topological polar surface area (TPSA) is 92.9 Å². The lowest BCUT2D eigenvalue weighted by Crippen LogP contribution is -2.67. The predicted molar refractivity (Wildman–Crippen MR) is 183 cm³/mol. The normalized spacial score (nSPS) is 20.7. The number of nitriles is 1. The van der Waals surface area contributed by atoms with Crippen molar-refractivity contribution < 1.29 is 8.78 Å². The van der Waals surface area contributed by atoms with Crippen LogP contribution >= 0.6 is 11.6 Å². The highest BCUT2D eigenvalue weighted by molar-refractivity contribution is 6.35. The Bertz CT molecular complexity index is 2050. The molecule has 2 fully saturated rings. The van der Waals surface area contributed by atoms with Crippen molar-refractivity contribution in [2.24, 2.45) is 0 Å². The molecule has 2 aromatic carbocycles. The Morgan fingerprint density at radius 2 is 1.94 bits per heavy atom. The monoisotopic (exact) mass is 659 g/mol. The molecule has 2 aliphatic heterocycles. The van der Waals surface area contributed by atoms with Gasteiger partial charge in [-0.1, -0.05) is 11.6 Å². The first-order valence-electron chi connectivity index (χ1n) is 16.2. The van der Waals surface area contributed by atoms with Gasteiger partial charge in [0.15, 0.2) is 5.82 Å². The van der Waals surface area contributed by atoms with Crippen molar-refractivity contribution in [3.05, 3.63) is 46.5 Å². The number of likely N-dealkylation sites (N-methyl/N-ethyl adjacent to an activating group) is 1. The van der Waals surface area contributed by atoms with Gasteiger partial charge >= 0.3 is 0 Å². The molecule has 246 valence electrons. The van der Waals surface area contributed by atoms with Crippen molar-refractivity contribution in [1.82, 2.24) is 34.8 Å². The van der Waals surface area contributed by atoms with E-state index in [0.29, 0.717) is 48.3 Å². The molecule has 12 heteroatoms. The highest BCUT2D eigenvalue weighted by Gasteiger charge is 2.42. The smallest absolute Gasteiger partial charge is 0.158 e. The quantitative estimate of drug-likeness (QED) is 0.202. The molecule has 9 nitrogen and oxygen atoms in total. The number of H-pyrrole nitrogens is 1. The molecule has 1 N–H and O–H groups in total. The Morgan fingerprint density at radius 1 is 1.17 bits per heavy atom. The number of halogens is 3. The summed E-state index contributed by atoms with van der Waals surface area (Å²) in [6.45, 7) is 10.1. The number of aromatic nitrogens is 5. The van der Waals surface area contributed by atoms with Crippen molar-refractivity contribution in [2.45, 2.75) is 70.8 Å². The summed E-state index contributed by atoms with van der Waals surface area (Å²) in [6, 6.07) is 5.97. The van der Waals surface area contributed by atoms with Crippen LogP contribution in [0.1, 0.15) is 50.3 Å². The van der Waals surface area contributed by atoms with Crippen molar-refractivity contribution in [3.63, 3.8) is 0 Å². The van der Waals surface area contributed by atoms with E-state index in [1.54, 1.807) is 13.1 Å². The number of aryl methyl sites for hydroxylation is 1. The maximum Gasteiger partial charge on any atom is 0.158 e. The fraction of sp³-hybridized carbons (Fsp3) is 0.486. The molecule has 3 atom stereocenters. The van der Waals surface area contributed by atoms with Crippen LogP contribution < -0.4 is 4.90 Å². The molecule has 2 saturated heterocycles. The summed E-state index contributed by atoms with van der Waals surface area (Å²) in [5, 5.41) is 24.3. The molecule has 7 rings (SSSR count). The van der Waals surface area contributed by atoms with Crippen LogP contribution in [-0.4, -0.2) is 92.8 Å². The van der Waals surface area contributed by atoms with Crippen LogP contribution in [0, 0.1) is 31.0 Å². The summed E-state index contributed by atoms with van der Waals surface area (Å²) >= 11 is 7.06. The van der Waals surface area contributed by atoms with E-state index in [4.69, 9.17) is 21.7 Å². The zero-order valence-corrected chi connectivity index (χ0v) is 28.5. The molecule has 0 amide bonds. The number of likely N-dealkylation sites (tertiary alicyclic amines) is 1. The van der Waals surface area contributed by atoms with Gasteiger partial charge in [-0.2, -0.15) is 15.5 Å². The van der Waals surface area contributed by atoms with E-state index >= 15 is 4.39 Å². The number of fused-ring (bicyclic) bond motifs is 4. The number of pyridine rings is 1. The largest absolute Gasteiger partial charge is 0.352 e. The molecule has 2 aliphatic rings. The Hall–Kier alpha value is -3.85. The lowest BCUT2D eigenvalue weighted by Gasteiger charge is -2.52. The van der Waals surface area contributed by atoms with Gasteiger partial charge in [0.2, 0.25) is 0 Å². The van der Waals surface area contributed by atoms with Crippen LogP contribution in [-0.2, 0) is 0 Å². The van der Waals surface area contributed by atoms with Gasteiger partial charge in [0.05, 0.1) is 57.9 Å². The Balaban J connectivity index is 1.44. The molecule has 0 saturated carbocycles. The standard InChI is InChI=1S/C35H40ClF2N9/c1-19-11-28-25(14-40-43-28)29(21(19)3)30-27(36)13-24-32(31(30)38)42-34(46-17-35(4,18-46)44(5)6)26-15-41-47(33(24)26)23-8-10-45(16-20(2)37)22(12-23)7-9-39/h11,13-15,20,22-23H,7-8,10,12,16-18H2,1-6H3,(H,40,43)/t20?,22-,23+/m1/s1. The first-order chi connectivity index (χ1) is 22.4. The minimum atomic E-state index is -0.986. The molecular formula is C35H40ClF2N9. The van der Waals surface area contributed by atoms with Crippen molar-refractivity contribution in [2.75, 3.05) is 45.2 Å². The number of piperidine rings is 1. The second-order valence-corrected chi connectivity index (χ2v) is 14.4. The van der Waals surface area contributed by atoms with Gasteiger partial charge in [-0.05, 0) is 77.9 Å². The SMILES string of the molecule is Cc1cc2[nH]ncc2c(-c2c(Cl)cc3c(nc(N4CC(C)(N(C)C)C4)c4cnn([C@H]5CCN(CC(C)F)[C@H](CC#N)C5)c43)c2F)c1C. The number of rotatable bonds is 7. The van der Waals surface area contributed by atoms with E-state index in [1.165, 1.54) is 0 Å². The van der Waals surface area contributed by atoms with Gasteiger partial charge in [-0.15, -0.1) is 0 Å². The molecular weight excluding hydrogens is 620 g/mol. The zero-order chi connectivity index (χ0) is 33.4.